The van der Waals surface area contributed by atoms with Crippen LogP contribution < -0.4 is 0 Å². The van der Waals surface area contributed by atoms with Crippen molar-refractivity contribution in [3.63, 3.8) is 0 Å². The van der Waals surface area contributed by atoms with Gasteiger partial charge in [-0.1, -0.05) is 37.3 Å². The second kappa shape index (κ2) is 6.14. The van der Waals surface area contributed by atoms with Gasteiger partial charge in [-0.15, -0.1) is 0 Å². The summed E-state index contributed by atoms with van der Waals surface area (Å²) in [6.45, 7) is 1.96. The predicted molar refractivity (Wildman–Crippen MR) is 89.8 cm³/mol. The second-order valence-electron chi connectivity index (χ2n) is 5.54. The zero-order chi connectivity index (χ0) is 15.5. The van der Waals surface area contributed by atoms with Crippen LogP contribution in [0.15, 0.2) is 58.8 Å². The van der Waals surface area contributed by atoms with Crippen molar-refractivity contribution in [3.8, 4) is 0 Å². The molecular weight excluding hydrogens is 274 g/mol. The Bertz CT molecular complexity index is 787. The third kappa shape index (κ3) is 2.80. The Morgan fingerprint density at radius 2 is 1.91 bits per heavy atom. The zero-order valence-electron chi connectivity index (χ0n) is 12.7. The maximum Gasteiger partial charge on any atom is 0.168 e. The second-order valence-corrected chi connectivity index (χ2v) is 5.54. The topological polar surface area (TPSA) is 49.7 Å². The van der Waals surface area contributed by atoms with Gasteiger partial charge in [0.1, 0.15) is 5.76 Å². The van der Waals surface area contributed by atoms with Crippen LogP contribution in [0.1, 0.15) is 32.6 Å². The molecule has 1 aliphatic carbocycles. The van der Waals surface area contributed by atoms with Crippen molar-refractivity contribution in [1.29, 1.82) is 0 Å². The van der Waals surface area contributed by atoms with Crippen molar-refractivity contribution < 1.29 is 9.90 Å². The minimum Gasteiger partial charge on any atom is -0.511 e. The molecule has 22 heavy (non-hydrogen) atoms. The SMILES string of the molecule is CCC(=Nc1ccc2ccccc2c1)C1=C(O)CCCC1=O. The summed E-state index contributed by atoms with van der Waals surface area (Å²) in [4.78, 5) is 16.7. The number of Topliss-reactive ketones (excluding diaryl/α,β-unsaturated/α-hetero) is 1. The number of ketones is 1. The number of aliphatic imine (C=N–C) groups is 1. The van der Waals surface area contributed by atoms with E-state index in [0.29, 0.717) is 30.5 Å². The molecule has 2 aromatic rings. The van der Waals surface area contributed by atoms with E-state index < -0.39 is 0 Å². The molecule has 2 aromatic carbocycles. The van der Waals surface area contributed by atoms with Crippen LogP contribution in [0.2, 0.25) is 0 Å². The van der Waals surface area contributed by atoms with Gasteiger partial charge in [-0.2, -0.15) is 0 Å². The highest BCUT2D eigenvalue weighted by Gasteiger charge is 2.23. The zero-order valence-corrected chi connectivity index (χ0v) is 12.7. The fourth-order valence-corrected chi connectivity index (χ4v) is 2.87. The van der Waals surface area contributed by atoms with E-state index in [0.717, 1.165) is 22.9 Å². The monoisotopic (exact) mass is 293 g/mol. The van der Waals surface area contributed by atoms with Crippen LogP contribution >= 0.6 is 0 Å². The number of hydrogen-bond donors (Lipinski definition) is 1. The average molecular weight is 293 g/mol. The minimum absolute atomic E-state index is 0.00476. The molecule has 1 aliphatic rings. The first-order valence-electron chi connectivity index (χ1n) is 7.71. The minimum atomic E-state index is 0.00476. The number of benzene rings is 2. The summed E-state index contributed by atoms with van der Waals surface area (Å²) in [7, 11) is 0. The van der Waals surface area contributed by atoms with Crippen molar-refractivity contribution in [3.05, 3.63) is 53.8 Å². The Hall–Kier alpha value is -2.42. The van der Waals surface area contributed by atoms with E-state index in [1.54, 1.807) is 0 Å². The molecule has 0 aliphatic heterocycles. The molecule has 0 fully saturated rings. The summed E-state index contributed by atoms with van der Waals surface area (Å²) in [6, 6.07) is 14.1. The Kier molecular flexibility index (Phi) is 4.05. The Morgan fingerprint density at radius 1 is 1.14 bits per heavy atom. The Balaban J connectivity index is 2.04. The number of allylic oxidation sites excluding steroid dienone is 2. The molecule has 0 saturated carbocycles. The van der Waals surface area contributed by atoms with Gasteiger partial charge in [0.15, 0.2) is 5.78 Å². The van der Waals surface area contributed by atoms with Gasteiger partial charge >= 0.3 is 0 Å². The Morgan fingerprint density at radius 3 is 2.64 bits per heavy atom. The molecular formula is C19H19NO2. The molecule has 0 aromatic heterocycles. The van der Waals surface area contributed by atoms with E-state index >= 15 is 0 Å². The van der Waals surface area contributed by atoms with Crippen LogP contribution in [-0.4, -0.2) is 16.6 Å². The highest BCUT2D eigenvalue weighted by atomic mass is 16.3. The van der Waals surface area contributed by atoms with Crippen molar-refractivity contribution in [2.45, 2.75) is 32.6 Å². The number of carbonyl (C=O) groups excluding carboxylic acids is 1. The van der Waals surface area contributed by atoms with Gasteiger partial charge < -0.3 is 5.11 Å². The van der Waals surface area contributed by atoms with Crippen LogP contribution in [0, 0.1) is 0 Å². The van der Waals surface area contributed by atoms with E-state index in [1.807, 2.05) is 43.3 Å². The molecule has 0 bridgehead atoms. The smallest absolute Gasteiger partial charge is 0.168 e. The highest BCUT2D eigenvalue weighted by Crippen LogP contribution is 2.26. The lowest BCUT2D eigenvalue weighted by molar-refractivity contribution is -0.115. The van der Waals surface area contributed by atoms with Gasteiger partial charge in [-0.05, 0) is 35.7 Å². The van der Waals surface area contributed by atoms with Gasteiger partial charge in [0.25, 0.3) is 0 Å². The van der Waals surface area contributed by atoms with E-state index in [2.05, 4.69) is 11.1 Å². The van der Waals surface area contributed by atoms with Gasteiger partial charge in [0.2, 0.25) is 0 Å². The average Bonchev–Trinajstić information content (AvgIpc) is 2.53. The van der Waals surface area contributed by atoms with Crippen LogP contribution in [-0.2, 0) is 4.79 Å². The van der Waals surface area contributed by atoms with Crippen molar-refractivity contribution in [2.24, 2.45) is 4.99 Å². The summed E-state index contributed by atoms with van der Waals surface area (Å²) in [5.41, 5.74) is 1.92. The molecule has 112 valence electrons. The third-order valence-electron chi connectivity index (χ3n) is 4.01. The number of rotatable bonds is 3. The largest absolute Gasteiger partial charge is 0.511 e. The van der Waals surface area contributed by atoms with Gasteiger partial charge in [0.05, 0.1) is 17.0 Å². The maximum absolute atomic E-state index is 12.1. The molecule has 0 unspecified atom stereocenters. The van der Waals surface area contributed by atoms with Crippen LogP contribution in [0.3, 0.4) is 0 Å². The van der Waals surface area contributed by atoms with Crippen molar-refractivity contribution >= 4 is 28.0 Å². The number of fused-ring (bicyclic) bond motifs is 1. The lowest BCUT2D eigenvalue weighted by Gasteiger charge is -2.16. The Labute approximate surface area is 130 Å². The number of aliphatic hydroxyl groups excluding tert-OH is 1. The lowest BCUT2D eigenvalue weighted by Crippen LogP contribution is -2.18. The van der Waals surface area contributed by atoms with Gasteiger partial charge in [0, 0.05) is 12.8 Å². The standard InChI is InChI=1S/C19H19NO2/c1-2-16(19-17(21)8-5-9-18(19)22)20-15-11-10-13-6-3-4-7-14(13)12-15/h3-4,6-7,10-12,21H,2,5,8-9H2,1H3. The first-order valence-corrected chi connectivity index (χ1v) is 7.71. The molecule has 1 N–H and O–H groups in total. The molecule has 0 radical (unpaired) electrons. The van der Waals surface area contributed by atoms with Crippen LogP contribution in [0.25, 0.3) is 10.8 Å². The molecule has 0 heterocycles. The van der Waals surface area contributed by atoms with Crippen molar-refractivity contribution in [1.82, 2.24) is 0 Å². The molecule has 0 saturated heterocycles. The third-order valence-corrected chi connectivity index (χ3v) is 4.01. The number of aliphatic hydroxyl groups is 1. The van der Waals surface area contributed by atoms with E-state index in [1.165, 1.54) is 0 Å². The summed E-state index contributed by atoms with van der Waals surface area (Å²) >= 11 is 0. The summed E-state index contributed by atoms with van der Waals surface area (Å²) < 4.78 is 0. The summed E-state index contributed by atoms with van der Waals surface area (Å²) in [5.74, 6) is 0.197. The molecule has 0 atom stereocenters. The summed E-state index contributed by atoms with van der Waals surface area (Å²) in [5, 5.41) is 12.3. The molecule has 0 spiro atoms. The van der Waals surface area contributed by atoms with Crippen LogP contribution in [0.5, 0.6) is 0 Å². The quantitative estimate of drug-likeness (QED) is 0.819. The number of carbonyl (C=O) groups is 1. The lowest BCUT2D eigenvalue weighted by atomic mass is 9.92. The first-order chi connectivity index (χ1) is 10.7. The molecule has 3 nitrogen and oxygen atoms in total. The van der Waals surface area contributed by atoms with E-state index in [4.69, 9.17) is 0 Å². The number of hydrogen-bond acceptors (Lipinski definition) is 3. The molecule has 0 amide bonds. The van der Waals surface area contributed by atoms with Crippen LogP contribution in [0.4, 0.5) is 5.69 Å². The van der Waals surface area contributed by atoms with Gasteiger partial charge in [-0.3, -0.25) is 9.79 Å². The van der Waals surface area contributed by atoms with E-state index in [-0.39, 0.29) is 11.5 Å². The predicted octanol–water partition coefficient (Wildman–Crippen LogP) is 4.89. The molecule has 3 rings (SSSR count). The van der Waals surface area contributed by atoms with E-state index in [9.17, 15) is 9.90 Å². The maximum atomic E-state index is 12.1. The summed E-state index contributed by atoms with van der Waals surface area (Å²) in [6.07, 6.45) is 2.41. The normalized spacial score (nSPS) is 16.4. The fraction of sp³-hybridized carbons (Fsp3) is 0.263. The first kappa shape index (κ1) is 14.5. The fourth-order valence-electron chi connectivity index (χ4n) is 2.87. The van der Waals surface area contributed by atoms with Crippen molar-refractivity contribution in [2.75, 3.05) is 0 Å². The number of nitrogens with zero attached hydrogens (tertiary/aromatic N) is 1. The molecule has 3 heteroatoms. The van der Waals surface area contributed by atoms with Gasteiger partial charge in [-0.25, -0.2) is 0 Å². The highest BCUT2D eigenvalue weighted by molar-refractivity contribution is 6.23.